The molecule has 0 saturated heterocycles. The van der Waals surface area contributed by atoms with E-state index in [0.29, 0.717) is 0 Å². The first-order chi connectivity index (χ1) is 8.63. The molecule has 2 fully saturated rings. The third kappa shape index (κ3) is 2.54. The molecule has 0 aliphatic heterocycles. The van der Waals surface area contributed by atoms with Gasteiger partial charge in [0.1, 0.15) is 0 Å². The second kappa shape index (κ2) is 5.26. The molecule has 1 N–H and O–H groups in total. The van der Waals surface area contributed by atoms with Crippen LogP contribution in [0.15, 0.2) is 27.1 Å². The zero-order chi connectivity index (χ0) is 12.7. The maximum atomic E-state index is 10.4. The smallest absolute Gasteiger partial charge is 0.0803 e. The van der Waals surface area contributed by atoms with E-state index in [-0.39, 0.29) is 6.10 Å². The van der Waals surface area contributed by atoms with Gasteiger partial charge in [-0.3, -0.25) is 0 Å². The molecular weight excluding hydrogens is 356 g/mol. The van der Waals surface area contributed by atoms with Crippen LogP contribution in [0.2, 0.25) is 0 Å². The molecule has 2 aliphatic rings. The predicted octanol–water partition coefficient (Wildman–Crippen LogP) is 5.07. The highest BCUT2D eigenvalue weighted by molar-refractivity contribution is 9.11. The first kappa shape index (κ1) is 13.1. The molecule has 0 aromatic heterocycles. The second-order valence-corrected chi connectivity index (χ2v) is 7.62. The van der Waals surface area contributed by atoms with E-state index in [1.807, 2.05) is 18.2 Å². The lowest BCUT2D eigenvalue weighted by molar-refractivity contribution is 0.125. The number of aliphatic hydroxyl groups is 1. The Bertz CT molecular complexity index is 446. The highest BCUT2D eigenvalue weighted by Gasteiger charge is 2.40. The summed E-state index contributed by atoms with van der Waals surface area (Å²) < 4.78 is 2.05. The van der Waals surface area contributed by atoms with E-state index in [0.717, 1.165) is 38.7 Å². The fraction of sp³-hybridized carbons (Fsp3) is 0.600. The minimum Gasteiger partial charge on any atom is -0.388 e. The van der Waals surface area contributed by atoms with Crippen molar-refractivity contribution in [2.75, 3.05) is 0 Å². The molecule has 98 valence electrons. The summed E-state index contributed by atoms with van der Waals surface area (Å²) >= 11 is 7.00. The number of hydrogen-bond donors (Lipinski definition) is 1. The van der Waals surface area contributed by atoms with Crippen molar-refractivity contribution in [2.24, 2.45) is 17.8 Å². The summed E-state index contributed by atoms with van der Waals surface area (Å²) in [7, 11) is 0. The first-order valence-corrected chi connectivity index (χ1v) is 8.35. The van der Waals surface area contributed by atoms with Gasteiger partial charge in [-0.25, -0.2) is 0 Å². The van der Waals surface area contributed by atoms with Gasteiger partial charge in [-0.05, 0) is 61.1 Å². The van der Waals surface area contributed by atoms with Crippen molar-refractivity contribution in [3.8, 4) is 0 Å². The van der Waals surface area contributed by atoms with Crippen LogP contribution in [-0.4, -0.2) is 5.11 Å². The van der Waals surface area contributed by atoms with E-state index in [4.69, 9.17) is 0 Å². The number of hydrogen-bond acceptors (Lipinski definition) is 1. The summed E-state index contributed by atoms with van der Waals surface area (Å²) in [4.78, 5) is 0. The van der Waals surface area contributed by atoms with Gasteiger partial charge in [0.25, 0.3) is 0 Å². The number of benzene rings is 1. The van der Waals surface area contributed by atoms with Crippen LogP contribution in [0.3, 0.4) is 0 Å². The number of rotatable bonds is 3. The molecule has 0 radical (unpaired) electrons. The summed E-state index contributed by atoms with van der Waals surface area (Å²) in [6.07, 6.45) is 6.19. The van der Waals surface area contributed by atoms with Crippen molar-refractivity contribution in [3.63, 3.8) is 0 Å². The predicted molar refractivity (Wildman–Crippen MR) is 80.4 cm³/mol. The summed E-state index contributed by atoms with van der Waals surface area (Å²) in [6.45, 7) is 0. The Labute approximate surface area is 125 Å². The van der Waals surface area contributed by atoms with Gasteiger partial charge >= 0.3 is 0 Å². The van der Waals surface area contributed by atoms with Crippen LogP contribution >= 0.6 is 31.9 Å². The van der Waals surface area contributed by atoms with Crippen LogP contribution in [0.1, 0.15) is 43.8 Å². The van der Waals surface area contributed by atoms with Crippen molar-refractivity contribution < 1.29 is 5.11 Å². The lowest BCUT2D eigenvalue weighted by Crippen LogP contribution is -2.14. The number of halogens is 2. The first-order valence-electron chi connectivity index (χ1n) is 6.76. The van der Waals surface area contributed by atoms with E-state index in [1.54, 1.807) is 0 Å². The monoisotopic (exact) mass is 372 g/mol. The Kier molecular flexibility index (Phi) is 3.84. The van der Waals surface area contributed by atoms with Gasteiger partial charge in [-0.15, -0.1) is 0 Å². The topological polar surface area (TPSA) is 20.2 Å². The molecule has 0 spiro atoms. The Morgan fingerprint density at radius 2 is 2.06 bits per heavy atom. The van der Waals surface area contributed by atoms with Crippen molar-refractivity contribution in [3.05, 3.63) is 32.7 Å². The summed E-state index contributed by atoms with van der Waals surface area (Å²) in [5, 5.41) is 10.4. The molecular formula is C15H18Br2O. The van der Waals surface area contributed by atoms with E-state index < -0.39 is 0 Å². The summed E-state index contributed by atoms with van der Waals surface area (Å²) in [6, 6.07) is 6.04. The van der Waals surface area contributed by atoms with Gasteiger partial charge in [0.15, 0.2) is 0 Å². The number of aliphatic hydroxyl groups excluding tert-OH is 1. The van der Waals surface area contributed by atoms with Gasteiger partial charge < -0.3 is 5.11 Å². The molecule has 0 heterocycles. The maximum Gasteiger partial charge on any atom is 0.0803 e. The average Bonchev–Trinajstić information content (AvgIpc) is 2.90. The Hall–Kier alpha value is 0.140. The van der Waals surface area contributed by atoms with Crippen LogP contribution in [0.4, 0.5) is 0 Å². The Morgan fingerprint density at radius 3 is 2.67 bits per heavy atom. The molecule has 4 atom stereocenters. The lowest BCUT2D eigenvalue weighted by Gasteiger charge is -2.24. The van der Waals surface area contributed by atoms with Gasteiger partial charge in [-0.1, -0.05) is 44.3 Å². The van der Waals surface area contributed by atoms with E-state index in [1.165, 1.54) is 25.7 Å². The highest BCUT2D eigenvalue weighted by Crippen LogP contribution is 2.51. The molecule has 18 heavy (non-hydrogen) atoms. The Balaban J connectivity index is 1.69. The molecule has 1 nitrogen and oxygen atoms in total. The third-order valence-corrected chi connectivity index (χ3v) is 5.91. The molecule has 0 amide bonds. The van der Waals surface area contributed by atoms with Crippen LogP contribution in [0.25, 0.3) is 0 Å². The molecule has 2 saturated carbocycles. The number of fused-ring (bicyclic) bond motifs is 2. The van der Waals surface area contributed by atoms with Gasteiger partial charge in [-0.2, -0.15) is 0 Å². The summed E-state index contributed by atoms with van der Waals surface area (Å²) in [5.41, 5.74) is 1.03. The zero-order valence-corrected chi connectivity index (χ0v) is 13.5. The zero-order valence-electron chi connectivity index (χ0n) is 10.3. The van der Waals surface area contributed by atoms with Gasteiger partial charge in [0.05, 0.1) is 6.10 Å². The van der Waals surface area contributed by atoms with Crippen LogP contribution in [0, 0.1) is 17.8 Å². The van der Waals surface area contributed by atoms with Crippen molar-refractivity contribution in [1.29, 1.82) is 0 Å². The molecule has 4 unspecified atom stereocenters. The van der Waals surface area contributed by atoms with Gasteiger partial charge in [0.2, 0.25) is 0 Å². The molecule has 1 aromatic rings. The minimum absolute atomic E-state index is 0.322. The summed E-state index contributed by atoms with van der Waals surface area (Å²) in [5.74, 6) is 2.59. The van der Waals surface area contributed by atoms with Gasteiger partial charge in [0, 0.05) is 8.95 Å². The van der Waals surface area contributed by atoms with Crippen molar-refractivity contribution in [1.82, 2.24) is 0 Å². The van der Waals surface area contributed by atoms with E-state index in [2.05, 4.69) is 31.9 Å². The quantitative estimate of drug-likeness (QED) is 0.783. The third-order valence-electron chi connectivity index (χ3n) is 4.73. The second-order valence-electron chi connectivity index (χ2n) is 5.85. The molecule has 2 bridgehead atoms. The normalized spacial score (nSPS) is 31.8. The maximum absolute atomic E-state index is 10.4. The van der Waals surface area contributed by atoms with Crippen molar-refractivity contribution >= 4 is 31.9 Å². The van der Waals surface area contributed by atoms with Crippen LogP contribution in [0.5, 0.6) is 0 Å². The van der Waals surface area contributed by atoms with Crippen LogP contribution < -0.4 is 0 Å². The molecule has 2 aliphatic carbocycles. The molecule has 1 aromatic carbocycles. The SMILES string of the molecule is OC(CC1CC2CCC1C2)c1ccc(Br)cc1Br. The van der Waals surface area contributed by atoms with Crippen LogP contribution in [-0.2, 0) is 0 Å². The highest BCUT2D eigenvalue weighted by atomic mass is 79.9. The molecule has 3 heteroatoms. The largest absolute Gasteiger partial charge is 0.388 e. The Morgan fingerprint density at radius 1 is 1.22 bits per heavy atom. The molecule has 3 rings (SSSR count). The van der Waals surface area contributed by atoms with Crippen molar-refractivity contribution in [2.45, 2.75) is 38.2 Å². The standard InChI is InChI=1S/C15H18Br2O/c16-12-3-4-13(14(17)8-12)15(18)7-11-6-9-1-2-10(11)5-9/h3-4,8-11,15,18H,1-2,5-7H2. The van der Waals surface area contributed by atoms with E-state index in [9.17, 15) is 5.11 Å². The fourth-order valence-corrected chi connectivity index (χ4v) is 5.16. The van der Waals surface area contributed by atoms with E-state index >= 15 is 0 Å². The fourth-order valence-electron chi connectivity index (χ4n) is 3.85. The minimum atomic E-state index is -0.322. The lowest BCUT2D eigenvalue weighted by atomic mass is 9.83. The average molecular weight is 374 g/mol.